The summed E-state index contributed by atoms with van der Waals surface area (Å²) in [6.07, 6.45) is 1.61. The van der Waals surface area contributed by atoms with E-state index in [4.69, 9.17) is 16.3 Å². The smallest absolute Gasteiger partial charge is 0.258 e. The van der Waals surface area contributed by atoms with Crippen LogP contribution in [0.4, 0.5) is 0 Å². The Morgan fingerprint density at radius 2 is 2.32 bits per heavy atom. The van der Waals surface area contributed by atoms with Crippen LogP contribution in [0.1, 0.15) is 18.5 Å². The lowest BCUT2D eigenvalue weighted by molar-refractivity contribution is -0.122. The van der Waals surface area contributed by atoms with Gasteiger partial charge < -0.3 is 15.4 Å². The van der Waals surface area contributed by atoms with Gasteiger partial charge in [-0.25, -0.2) is 0 Å². The average Bonchev–Trinajstić information content (AvgIpc) is 2.42. The number of hydrogen-bond acceptors (Lipinski definition) is 3. The van der Waals surface area contributed by atoms with Crippen molar-refractivity contribution in [2.24, 2.45) is 0 Å². The van der Waals surface area contributed by atoms with Gasteiger partial charge in [0, 0.05) is 12.6 Å². The van der Waals surface area contributed by atoms with Crippen LogP contribution in [0.2, 0.25) is 5.02 Å². The molecule has 0 spiro atoms. The van der Waals surface area contributed by atoms with Crippen molar-refractivity contribution in [1.82, 2.24) is 10.6 Å². The molecule has 4 nitrogen and oxygen atoms in total. The van der Waals surface area contributed by atoms with Crippen molar-refractivity contribution in [3.8, 4) is 5.75 Å². The van der Waals surface area contributed by atoms with Gasteiger partial charge in [0.05, 0.1) is 5.02 Å². The lowest BCUT2D eigenvalue weighted by atomic mass is 10.1. The molecule has 19 heavy (non-hydrogen) atoms. The van der Waals surface area contributed by atoms with E-state index in [1.807, 2.05) is 26.1 Å². The van der Waals surface area contributed by atoms with Crippen LogP contribution in [0.25, 0.3) is 0 Å². The Morgan fingerprint density at radius 3 is 2.89 bits per heavy atom. The zero-order chi connectivity index (χ0) is 14.3. The van der Waals surface area contributed by atoms with Crippen LogP contribution in [-0.4, -0.2) is 26.1 Å². The molecule has 5 heteroatoms. The Hall–Kier alpha value is -1.52. The van der Waals surface area contributed by atoms with E-state index in [1.54, 1.807) is 12.1 Å². The molecule has 0 bridgehead atoms. The minimum Gasteiger partial charge on any atom is -0.482 e. The number of ether oxygens (including phenoxy) is 1. The van der Waals surface area contributed by atoms with E-state index in [-0.39, 0.29) is 18.6 Å². The van der Waals surface area contributed by atoms with Gasteiger partial charge in [-0.2, -0.15) is 0 Å². The maximum absolute atomic E-state index is 11.4. The summed E-state index contributed by atoms with van der Waals surface area (Å²) in [6.45, 7) is 5.92. The molecule has 0 aromatic heterocycles. The zero-order valence-electron chi connectivity index (χ0n) is 11.2. The van der Waals surface area contributed by atoms with Crippen LogP contribution in [0.5, 0.6) is 5.75 Å². The standard InChI is InChI=1S/C14H19ClN2O2/c1-4-7-17-14(18)9-19-13-6-5-11(8-12(13)15)10(2)16-3/h4-6,8,10,16H,1,7,9H2,2-3H3,(H,17,18). The highest BCUT2D eigenvalue weighted by atomic mass is 35.5. The molecule has 0 radical (unpaired) electrons. The van der Waals surface area contributed by atoms with E-state index in [2.05, 4.69) is 17.2 Å². The van der Waals surface area contributed by atoms with Gasteiger partial charge in [0.1, 0.15) is 5.75 Å². The largest absolute Gasteiger partial charge is 0.482 e. The second-order valence-corrected chi connectivity index (χ2v) is 4.49. The van der Waals surface area contributed by atoms with E-state index >= 15 is 0 Å². The molecule has 1 aromatic carbocycles. The van der Waals surface area contributed by atoms with Crippen LogP contribution >= 0.6 is 11.6 Å². The van der Waals surface area contributed by atoms with Gasteiger partial charge in [-0.15, -0.1) is 6.58 Å². The quantitative estimate of drug-likeness (QED) is 0.755. The fourth-order valence-corrected chi connectivity index (χ4v) is 1.69. The first kappa shape index (κ1) is 15.5. The number of hydrogen-bond donors (Lipinski definition) is 2. The molecule has 0 saturated heterocycles. The minimum absolute atomic E-state index is 0.0610. The molecule has 2 N–H and O–H groups in total. The number of benzene rings is 1. The predicted molar refractivity (Wildman–Crippen MR) is 77.6 cm³/mol. The summed E-state index contributed by atoms with van der Waals surface area (Å²) in [5.41, 5.74) is 1.07. The Bertz CT molecular complexity index is 449. The molecule has 1 atom stereocenters. The molecule has 0 heterocycles. The van der Waals surface area contributed by atoms with Gasteiger partial charge in [-0.1, -0.05) is 23.7 Å². The molecule has 1 unspecified atom stereocenters. The molecule has 0 aliphatic rings. The molecule has 0 aliphatic carbocycles. The van der Waals surface area contributed by atoms with E-state index < -0.39 is 0 Å². The highest BCUT2D eigenvalue weighted by Crippen LogP contribution is 2.27. The topological polar surface area (TPSA) is 50.4 Å². The van der Waals surface area contributed by atoms with Crippen molar-refractivity contribution in [2.45, 2.75) is 13.0 Å². The molecule has 1 rings (SSSR count). The summed E-state index contributed by atoms with van der Waals surface area (Å²) >= 11 is 6.12. The average molecular weight is 283 g/mol. The van der Waals surface area contributed by atoms with E-state index in [0.29, 0.717) is 17.3 Å². The molecule has 104 valence electrons. The molecule has 0 aliphatic heterocycles. The molecule has 0 saturated carbocycles. The van der Waals surface area contributed by atoms with Gasteiger partial charge in [0.15, 0.2) is 6.61 Å². The van der Waals surface area contributed by atoms with Crippen LogP contribution in [0.3, 0.4) is 0 Å². The highest BCUT2D eigenvalue weighted by Gasteiger charge is 2.08. The number of carbonyl (C=O) groups is 1. The van der Waals surface area contributed by atoms with Gasteiger partial charge in [-0.05, 0) is 31.7 Å². The summed E-state index contributed by atoms with van der Waals surface area (Å²) < 4.78 is 5.37. The fourth-order valence-electron chi connectivity index (χ4n) is 1.45. The monoisotopic (exact) mass is 282 g/mol. The minimum atomic E-state index is -0.205. The normalized spacial score (nSPS) is 11.7. The van der Waals surface area contributed by atoms with Gasteiger partial charge in [-0.3, -0.25) is 4.79 Å². The number of rotatable bonds is 7. The van der Waals surface area contributed by atoms with Crippen molar-refractivity contribution in [3.63, 3.8) is 0 Å². The van der Waals surface area contributed by atoms with Crippen LogP contribution in [-0.2, 0) is 4.79 Å². The van der Waals surface area contributed by atoms with Crippen LogP contribution in [0.15, 0.2) is 30.9 Å². The summed E-state index contributed by atoms with van der Waals surface area (Å²) in [7, 11) is 1.88. The van der Waals surface area contributed by atoms with E-state index in [9.17, 15) is 4.79 Å². The number of halogens is 1. The van der Waals surface area contributed by atoms with Crippen molar-refractivity contribution in [2.75, 3.05) is 20.2 Å². The Balaban J connectivity index is 2.60. The first-order chi connectivity index (χ1) is 9.08. The maximum atomic E-state index is 11.4. The lowest BCUT2D eigenvalue weighted by Gasteiger charge is -2.13. The Kier molecular flexibility index (Phi) is 6.39. The van der Waals surface area contributed by atoms with Crippen LogP contribution in [0, 0.1) is 0 Å². The summed E-state index contributed by atoms with van der Waals surface area (Å²) in [6, 6.07) is 5.73. The number of amides is 1. The number of nitrogens with one attached hydrogen (secondary N) is 2. The van der Waals surface area contributed by atoms with Crippen LogP contribution < -0.4 is 15.4 Å². The van der Waals surface area contributed by atoms with Gasteiger partial charge in [0.2, 0.25) is 0 Å². The van der Waals surface area contributed by atoms with Crippen molar-refractivity contribution < 1.29 is 9.53 Å². The molecule has 1 aromatic rings. The summed E-state index contributed by atoms with van der Waals surface area (Å²) in [5.74, 6) is 0.297. The first-order valence-electron chi connectivity index (χ1n) is 6.05. The maximum Gasteiger partial charge on any atom is 0.258 e. The van der Waals surface area contributed by atoms with Crippen molar-refractivity contribution in [1.29, 1.82) is 0 Å². The predicted octanol–water partition coefficient (Wildman–Crippen LogP) is 2.30. The third kappa shape index (κ3) is 4.93. The SMILES string of the molecule is C=CCNC(=O)COc1ccc(C(C)NC)cc1Cl. The first-order valence-corrected chi connectivity index (χ1v) is 6.43. The lowest BCUT2D eigenvalue weighted by Crippen LogP contribution is -2.28. The Morgan fingerprint density at radius 1 is 1.58 bits per heavy atom. The molecule has 0 fully saturated rings. The molecular formula is C14H19ClN2O2. The Labute approximate surface area is 118 Å². The summed E-state index contributed by atoms with van der Waals surface area (Å²) in [4.78, 5) is 11.4. The van der Waals surface area contributed by atoms with E-state index in [1.165, 1.54) is 0 Å². The fraction of sp³-hybridized carbons (Fsp3) is 0.357. The third-order valence-electron chi connectivity index (χ3n) is 2.69. The van der Waals surface area contributed by atoms with Crippen molar-refractivity contribution in [3.05, 3.63) is 41.4 Å². The second-order valence-electron chi connectivity index (χ2n) is 4.08. The highest BCUT2D eigenvalue weighted by molar-refractivity contribution is 6.32. The number of carbonyl (C=O) groups excluding carboxylic acids is 1. The van der Waals surface area contributed by atoms with E-state index in [0.717, 1.165) is 5.56 Å². The zero-order valence-corrected chi connectivity index (χ0v) is 12.0. The third-order valence-corrected chi connectivity index (χ3v) is 2.99. The van der Waals surface area contributed by atoms with Gasteiger partial charge >= 0.3 is 0 Å². The summed E-state index contributed by atoms with van der Waals surface area (Å²) in [5, 5.41) is 6.25. The van der Waals surface area contributed by atoms with Gasteiger partial charge in [0.25, 0.3) is 5.91 Å². The van der Waals surface area contributed by atoms with Crippen molar-refractivity contribution >= 4 is 17.5 Å². The molecular weight excluding hydrogens is 264 g/mol. The second kappa shape index (κ2) is 7.81. The molecule has 1 amide bonds.